The predicted molar refractivity (Wildman–Crippen MR) is 70.7 cm³/mol. The largest absolute Gasteiger partial charge is 0.357 e. The summed E-state index contributed by atoms with van der Waals surface area (Å²) in [6.45, 7) is 8.34. The number of allylic oxidation sites excluding steroid dienone is 2. The number of rotatable bonds is 5. The van der Waals surface area contributed by atoms with Gasteiger partial charge in [-0.05, 0) is 32.1 Å². The van der Waals surface area contributed by atoms with Crippen molar-refractivity contribution in [1.82, 2.24) is 10.6 Å². The highest BCUT2D eigenvalue weighted by Gasteiger charge is 2.09. The van der Waals surface area contributed by atoms with E-state index in [-0.39, 0.29) is 0 Å². The van der Waals surface area contributed by atoms with Crippen molar-refractivity contribution in [2.24, 2.45) is 10.9 Å². The quantitative estimate of drug-likeness (QED) is 0.424. The van der Waals surface area contributed by atoms with Crippen LogP contribution in [0.4, 0.5) is 0 Å². The highest BCUT2D eigenvalue weighted by molar-refractivity contribution is 5.79. The first kappa shape index (κ1) is 12.8. The van der Waals surface area contributed by atoms with E-state index in [0.29, 0.717) is 5.92 Å². The maximum Gasteiger partial charge on any atom is 0.191 e. The molecule has 0 amide bonds. The molecule has 1 rings (SSSR count). The van der Waals surface area contributed by atoms with Gasteiger partial charge in [0.25, 0.3) is 0 Å². The van der Waals surface area contributed by atoms with Gasteiger partial charge in [0, 0.05) is 19.6 Å². The first-order valence-corrected chi connectivity index (χ1v) is 6.15. The molecule has 0 heterocycles. The third kappa shape index (κ3) is 5.01. The molecular weight excluding hydrogens is 198 g/mol. The number of nitrogens with zero attached hydrogens (tertiary/aromatic N) is 1. The van der Waals surface area contributed by atoms with E-state index in [4.69, 9.17) is 0 Å². The molecule has 1 aliphatic rings. The molecule has 0 spiro atoms. The summed E-state index contributed by atoms with van der Waals surface area (Å²) in [6, 6.07) is 0. The molecule has 2 N–H and O–H groups in total. The van der Waals surface area contributed by atoms with Gasteiger partial charge in [-0.15, -0.1) is 6.58 Å². The molecule has 0 radical (unpaired) electrons. The minimum Gasteiger partial charge on any atom is -0.357 e. The van der Waals surface area contributed by atoms with E-state index in [1.54, 1.807) is 0 Å². The Morgan fingerprint density at radius 1 is 1.50 bits per heavy atom. The number of aliphatic imine (C=N–C) groups is 1. The van der Waals surface area contributed by atoms with Crippen molar-refractivity contribution in [3.8, 4) is 0 Å². The van der Waals surface area contributed by atoms with Crippen molar-refractivity contribution < 1.29 is 0 Å². The molecule has 1 aliphatic carbocycles. The fraction of sp³-hybridized carbons (Fsp3) is 0.615. The molecular formula is C13H23N3. The molecule has 3 heteroatoms. The number of hydrogen-bond donors (Lipinski definition) is 2. The molecule has 90 valence electrons. The van der Waals surface area contributed by atoms with E-state index < -0.39 is 0 Å². The normalized spacial score (nSPS) is 20.6. The molecule has 1 atom stereocenters. The highest BCUT2D eigenvalue weighted by Crippen LogP contribution is 2.17. The van der Waals surface area contributed by atoms with Gasteiger partial charge in [0.15, 0.2) is 5.96 Å². The zero-order valence-electron chi connectivity index (χ0n) is 10.2. The van der Waals surface area contributed by atoms with Crippen molar-refractivity contribution >= 4 is 5.96 Å². The summed E-state index contributed by atoms with van der Waals surface area (Å²) in [6.07, 6.45) is 10.0. The Kier molecular flexibility index (Phi) is 6.38. The lowest BCUT2D eigenvalue weighted by atomic mass is 9.95. The van der Waals surface area contributed by atoms with Crippen LogP contribution in [0.2, 0.25) is 0 Å². The van der Waals surface area contributed by atoms with Gasteiger partial charge in [0.05, 0.1) is 0 Å². The van der Waals surface area contributed by atoms with Gasteiger partial charge in [0.1, 0.15) is 0 Å². The maximum absolute atomic E-state index is 4.59. The third-order valence-electron chi connectivity index (χ3n) is 2.64. The highest BCUT2D eigenvalue weighted by atomic mass is 15.2. The first-order valence-electron chi connectivity index (χ1n) is 6.15. The van der Waals surface area contributed by atoms with E-state index in [9.17, 15) is 0 Å². The van der Waals surface area contributed by atoms with Crippen LogP contribution in [0.5, 0.6) is 0 Å². The van der Waals surface area contributed by atoms with Crippen LogP contribution in [-0.2, 0) is 0 Å². The van der Waals surface area contributed by atoms with Crippen LogP contribution in [0.25, 0.3) is 0 Å². The average Bonchev–Trinajstić information content (AvgIpc) is 2.34. The van der Waals surface area contributed by atoms with Crippen molar-refractivity contribution in [2.75, 3.05) is 19.6 Å². The van der Waals surface area contributed by atoms with Crippen molar-refractivity contribution in [3.63, 3.8) is 0 Å². The lowest BCUT2D eigenvalue weighted by Gasteiger charge is -2.16. The average molecular weight is 221 g/mol. The molecule has 1 unspecified atom stereocenters. The van der Waals surface area contributed by atoms with Gasteiger partial charge < -0.3 is 10.6 Å². The van der Waals surface area contributed by atoms with E-state index in [0.717, 1.165) is 25.6 Å². The van der Waals surface area contributed by atoms with Crippen LogP contribution < -0.4 is 10.6 Å². The van der Waals surface area contributed by atoms with Gasteiger partial charge in [-0.2, -0.15) is 0 Å². The zero-order chi connectivity index (χ0) is 11.6. The lowest BCUT2D eigenvalue weighted by Crippen LogP contribution is -2.37. The minimum absolute atomic E-state index is 0.712. The van der Waals surface area contributed by atoms with Crippen LogP contribution in [0.1, 0.15) is 26.2 Å². The summed E-state index contributed by atoms with van der Waals surface area (Å²) in [4.78, 5) is 4.59. The van der Waals surface area contributed by atoms with Crippen LogP contribution in [0.15, 0.2) is 29.8 Å². The van der Waals surface area contributed by atoms with Crippen LogP contribution in [0, 0.1) is 5.92 Å². The molecule has 0 aliphatic heterocycles. The molecule has 0 bridgehead atoms. The van der Waals surface area contributed by atoms with Gasteiger partial charge in [0.2, 0.25) is 0 Å². The Bertz CT molecular complexity index is 256. The Morgan fingerprint density at radius 2 is 2.38 bits per heavy atom. The zero-order valence-corrected chi connectivity index (χ0v) is 10.2. The molecule has 0 saturated heterocycles. The minimum atomic E-state index is 0.712. The monoisotopic (exact) mass is 221 g/mol. The first-order chi connectivity index (χ1) is 7.86. The fourth-order valence-electron chi connectivity index (χ4n) is 1.75. The van der Waals surface area contributed by atoms with Crippen LogP contribution in [-0.4, -0.2) is 25.6 Å². The Morgan fingerprint density at radius 3 is 3.00 bits per heavy atom. The molecule has 0 saturated carbocycles. The van der Waals surface area contributed by atoms with Crippen LogP contribution in [0.3, 0.4) is 0 Å². The molecule has 0 aromatic carbocycles. The second-order valence-corrected chi connectivity index (χ2v) is 4.04. The lowest BCUT2D eigenvalue weighted by molar-refractivity contribution is 0.490. The van der Waals surface area contributed by atoms with E-state index in [1.165, 1.54) is 19.3 Å². The van der Waals surface area contributed by atoms with Gasteiger partial charge in [-0.3, -0.25) is 4.99 Å². The Labute approximate surface area is 98.7 Å². The smallest absolute Gasteiger partial charge is 0.191 e. The molecule has 0 aromatic heterocycles. The predicted octanol–water partition coefficient (Wildman–Crippen LogP) is 2.08. The summed E-state index contributed by atoms with van der Waals surface area (Å²) >= 11 is 0. The van der Waals surface area contributed by atoms with Gasteiger partial charge >= 0.3 is 0 Å². The second-order valence-electron chi connectivity index (χ2n) is 4.04. The Balaban J connectivity index is 2.36. The Hall–Kier alpha value is -1.25. The summed E-state index contributed by atoms with van der Waals surface area (Å²) in [5, 5.41) is 6.44. The van der Waals surface area contributed by atoms with E-state index in [1.807, 2.05) is 6.08 Å². The van der Waals surface area contributed by atoms with Gasteiger partial charge in [-0.25, -0.2) is 0 Å². The SMILES string of the molecule is C=CCNC(=NCC1CC=CCC1)NCC. The summed E-state index contributed by atoms with van der Waals surface area (Å²) in [5.41, 5.74) is 0. The topological polar surface area (TPSA) is 36.4 Å². The molecule has 3 nitrogen and oxygen atoms in total. The van der Waals surface area contributed by atoms with Crippen molar-refractivity contribution in [1.29, 1.82) is 0 Å². The standard InChI is InChI=1S/C13H23N3/c1-3-10-15-13(14-4-2)16-11-12-8-6-5-7-9-12/h3,5-6,12H,1,4,7-11H2,2H3,(H2,14,15,16). The van der Waals surface area contributed by atoms with Gasteiger partial charge in [-0.1, -0.05) is 18.2 Å². The van der Waals surface area contributed by atoms with Crippen molar-refractivity contribution in [3.05, 3.63) is 24.8 Å². The number of nitrogens with one attached hydrogen (secondary N) is 2. The van der Waals surface area contributed by atoms with E-state index >= 15 is 0 Å². The fourth-order valence-corrected chi connectivity index (χ4v) is 1.75. The summed E-state index contributed by atoms with van der Waals surface area (Å²) in [5.74, 6) is 1.61. The van der Waals surface area contributed by atoms with Crippen molar-refractivity contribution in [2.45, 2.75) is 26.2 Å². The number of guanidine groups is 1. The molecule has 16 heavy (non-hydrogen) atoms. The summed E-state index contributed by atoms with van der Waals surface area (Å²) < 4.78 is 0. The van der Waals surface area contributed by atoms with Crippen LogP contribution >= 0.6 is 0 Å². The molecule has 0 fully saturated rings. The summed E-state index contributed by atoms with van der Waals surface area (Å²) in [7, 11) is 0. The second kappa shape index (κ2) is 7.97. The third-order valence-corrected chi connectivity index (χ3v) is 2.64. The molecule has 0 aromatic rings. The number of hydrogen-bond acceptors (Lipinski definition) is 1. The maximum atomic E-state index is 4.59. The van der Waals surface area contributed by atoms with E-state index in [2.05, 4.69) is 41.3 Å².